The van der Waals surface area contributed by atoms with Crippen LogP contribution in [0.15, 0.2) is 60.7 Å². The number of hydrogen-bond donors (Lipinski definition) is 0. The van der Waals surface area contributed by atoms with Gasteiger partial charge in [-0.15, -0.1) is 0 Å². The van der Waals surface area contributed by atoms with Gasteiger partial charge in [-0.05, 0) is 60.8 Å². The van der Waals surface area contributed by atoms with Gasteiger partial charge in [0.15, 0.2) is 5.78 Å². The predicted octanol–water partition coefficient (Wildman–Crippen LogP) is 4.44. The van der Waals surface area contributed by atoms with Gasteiger partial charge in [-0.3, -0.25) is 9.69 Å². The zero-order valence-corrected chi connectivity index (χ0v) is 13.8. The number of halogens is 1. The molecule has 0 amide bonds. The Hall–Kier alpha value is -1.90. The third-order valence-electron chi connectivity index (χ3n) is 4.12. The molecule has 23 heavy (non-hydrogen) atoms. The summed E-state index contributed by atoms with van der Waals surface area (Å²) in [6, 6.07) is 17.7. The summed E-state index contributed by atoms with van der Waals surface area (Å²) < 4.78 is 0. The lowest BCUT2D eigenvalue weighted by Gasteiger charge is -2.13. The maximum atomic E-state index is 12.5. The molecule has 3 heteroatoms. The van der Waals surface area contributed by atoms with Gasteiger partial charge in [0.05, 0.1) is 6.54 Å². The van der Waals surface area contributed by atoms with Crippen LogP contribution in [-0.2, 0) is 4.79 Å². The van der Waals surface area contributed by atoms with E-state index in [9.17, 15) is 4.79 Å². The monoisotopic (exact) mass is 325 g/mol. The summed E-state index contributed by atoms with van der Waals surface area (Å²) in [7, 11) is 0. The van der Waals surface area contributed by atoms with Crippen LogP contribution in [0.25, 0.3) is 5.57 Å². The summed E-state index contributed by atoms with van der Waals surface area (Å²) in [5, 5.41) is 0.699. The van der Waals surface area contributed by atoms with Gasteiger partial charge < -0.3 is 0 Å². The lowest BCUT2D eigenvalue weighted by molar-refractivity contribution is -0.115. The number of ketones is 1. The minimum atomic E-state index is 0.153. The number of hydrogen-bond acceptors (Lipinski definition) is 2. The highest BCUT2D eigenvalue weighted by Crippen LogP contribution is 2.25. The van der Waals surface area contributed by atoms with E-state index in [0.717, 1.165) is 29.8 Å². The Bertz CT molecular complexity index is 685. The summed E-state index contributed by atoms with van der Waals surface area (Å²) in [4.78, 5) is 14.7. The van der Waals surface area contributed by atoms with Crippen LogP contribution in [0.5, 0.6) is 0 Å². The number of carbonyl (C=O) groups is 1. The molecular formula is C20H20ClNO. The molecular weight excluding hydrogens is 306 g/mol. The zero-order valence-electron chi connectivity index (χ0n) is 13.0. The molecule has 0 saturated carbocycles. The molecule has 0 N–H and O–H groups in total. The second-order valence-corrected chi connectivity index (χ2v) is 6.32. The van der Waals surface area contributed by atoms with E-state index in [1.165, 1.54) is 12.8 Å². The zero-order chi connectivity index (χ0) is 16.1. The van der Waals surface area contributed by atoms with Gasteiger partial charge in [0.25, 0.3) is 0 Å². The van der Waals surface area contributed by atoms with Crippen LogP contribution in [0, 0.1) is 0 Å². The van der Waals surface area contributed by atoms with Crippen molar-refractivity contribution in [2.45, 2.75) is 12.8 Å². The molecule has 0 atom stereocenters. The second-order valence-electron chi connectivity index (χ2n) is 5.88. The van der Waals surface area contributed by atoms with E-state index in [0.29, 0.717) is 11.6 Å². The number of carbonyl (C=O) groups excluding carboxylic acids is 1. The molecule has 118 valence electrons. The molecule has 2 aromatic carbocycles. The molecule has 0 aromatic heterocycles. The third-order valence-corrected chi connectivity index (χ3v) is 4.38. The van der Waals surface area contributed by atoms with Gasteiger partial charge in [0, 0.05) is 5.02 Å². The Kier molecular flexibility index (Phi) is 5.27. The molecule has 3 rings (SSSR count). The average Bonchev–Trinajstić information content (AvgIpc) is 3.07. The van der Waals surface area contributed by atoms with Gasteiger partial charge in [0.1, 0.15) is 0 Å². The summed E-state index contributed by atoms with van der Waals surface area (Å²) in [5.41, 5.74) is 3.01. The fourth-order valence-corrected chi connectivity index (χ4v) is 3.07. The van der Waals surface area contributed by atoms with Crippen LogP contribution in [0.2, 0.25) is 5.02 Å². The molecule has 0 radical (unpaired) electrons. The van der Waals surface area contributed by atoms with Crippen LogP contribution < -0.4 is 0 Å². The third kappa shape index (κ3) is 4.31. The van der Waals surface area contributed by atoms with Gasteiger partial charge in [-0.2, -0.15) is 0 Å². The van der Waals surface area contributed by atoms with Gasteiger partial charge >= 0.3 is 0 Å². The first-order chi connectivity index (χ1) is 11.2. The molecule has 0 unspecified atom stereocenters. The van der Waals surface area contributed by atoms with E-state index in [1.807, 2.05) is 54.6 Å². The molecule has 0 bridgehead atoms. The average molecular weight is 326 g/mol. The second kappa shape index (κ2) is 7.58. The van der Waals surface area contributed by atoms with E-state index in [-0.39, 0.29) is 5.78 Å². The van der Waals surface area contributed by atoms with Crippen molar-refractivity contribution in [3.8, 4) is 0 Å². The molecule has 1 aliphatic rings. The minimum Gasteiger partial charge on any atom is -0.296 e. The van der Waals surface area contributed by atoms with Crippen LogP contribution in [0.4, 0.5) is 0 Å². The molecule has 1 fully saturated rings. The smallest absolute Gasteiger partial charge is 0.170 e. The highest BCUT2D eigenvalue weighted by atomic mass is 35.5. The van der Waals surface area contributed by atoms with Crippen molar-refractivity contribution >= 4 is 23.0 Å². The first kappa shape index (κ1) is 16.0. The number of nitrogens with zero attached hydrogens (tertiary/aromatic N) is 1. The van der Waals surface area contributed by atoms with Gasteiger partial charge in [-0.25, -0.2) is 0 Å². The number of rotatable bonds is 5. The first-order valence-corrected chi connectivity index (χ1v) is 8.38. The van der Waals surface area contributed by atoms with E-state index < -0.39 is 0 Å². The summed E-state index contributed by atoms with van der Waals surface area (Å²) >= 11 is 5.99. The quantitative estimate of drug-likeness (QED) is 0.758. The fourth-order valence-electron chi connectivity index (χ4n) is 2.95. The van der Waals surface area contributed by atoms with Crippen LogP contribution in [-0.4, -0.2) is 30.3 Å². The Morgan fingerprint density at radius 1 is 0.957 bits per heavy atom. The Balaban J connectivity index is 1.89. The normalized spacial score (nSPS) is 15.8. The maximum Gasteiger partial charge on any atom is 0.170 e. The Labute approximate surface area is 142 Å². The largest absolute Gasteiger partial charge is 0.296 e. The lowest BCUT2D eigenvalue weighted by atomic mass is 9.96. The van der Waals surface area contributed by atoms with Crippen LogP contribution in [0.1, 0.15) is 24.0 Å². The van der Waals surface area contributed by atoms with Crippen molar-refractivity contribution in [2.24, 2.45) is 0 Å². The topological polar surface area (TPSA) is 20.3 Å². The molecule has 1 aliphatic heterocycles. The number of likely N-dealkylation sites (tertiary alicyclic amines) is 1. The van der Waals surface area contributed by atoms with Crippen molar-refractivity contribution in [3.63, 3.8) is 0 Å². The first-order valence-electron chi connectivity index (χ1n) is 8.00. The van der Waals surface area contributed by atoms with Gasteiger partial charge in [0.2, 0.25) is 0 Å². The fraction of sp³-hybridized carbons (Fsp3) is 0.250. The summed E-state index contributed by atoms with van der Waals surface area (Å²) in [6.45, 7) is 2.56. The van der Waals surface area contributed by atoms with E-state index in [1.54, 1.807) is 6.08 Å². The standard InChI is InChI=1S/C20H20ClNO/c21-18-10-8-17(9-11-18)20(16-6-2-1-3-7-16)14-19(23)15-22-12-4-5-13-22/h1-3,6-11,14H,4-5,12-13,15H2/b20-14+. The minimum absolute atomic E-state index is 0.153. The molecule has 2 nitrogen and oxygen atoms in total. The highest BCUT2D eigenvalue weighted by molar-refractivity contribution is 6.30. The van der Waals surface area contributed by atoms with Crippen LogP contribution in [0.3, 0.4) is 0 Å². The molecule has 2 aromatic rings. The summed E-state index contributed by atoms with van der Waals surface area (Å²) in [6.07, 6.45) is 4.16. The Morgan fingerprint density at radius 2 is 1.57 bits per heavy atom. The summed E-state index contributed by atoms with van der Waals surface area (Å²) in [5.74, 6) is 0.153. The van der Waals surface area contributed by atoms with Crippen molar-refractivity contribution < 1.29 is 4.79 Å². The maximum absolute atomic E-state index is 12.5. The number of benzene rings is 2. The van der Waals surface area contributed by atoms with Crippen molar-refractivity contribution in [1.82, 2.24) is 4.90 Å². The molecule has 0 spiro atoms. The molecule has 0 aliphatic carbocycles. The Morgan fingerprint density at radius 3 is 2.22 bits per heavy atom. The van der Waals surface area contributed by atoms with E-state index in [2.05, 4.69) is 4.90 Å². The van der Waals surface area contributed by atoms with E-state index in [4.69, 9.17) is 11.6 Å². The van der Waals surface area contributed by atoms with Crippen molar-refractivity contribution in [3.05, 3.63) is 76.8 Å². The van der Waals surface area contributed by atoms with Gasteiger partial charge in [-0.1, -0.05) is 54.1 Å². The van der Waals surface area contributed by atoms with Crippen molar-refractivity contribution in [2.75, 3.05) is 19.6 Å². The van der Waals surface area contributed by atoms with Crippen LogP contribution >= 0.6 is 11.6 Å². The highest BCUT2D eigenvalue weighted by Gasteiger charge is 2.15. The SMILES string of the molecule is O=C(/C=C(\c1ccccc1)c1ccc(Cl)cc1)CN1CCCC1. The molecule has 1 heterocycles. The van der Waals surface area contributed by atoms with Crippen molar-refractivity contribution in [1.29, 1.82) is 0 Å². The predicted molar refractivity (Wildman–Crippen MR) is 95.7 cm³/mol. The molecule has 1 saturated heterocycles. The lowest BCUT2D eigenvalue weighted by Crippen LogP contribution is -2.25. The van der Waals surface area contributed by atoms with E-state index >= 15 is 0 Å².